The molecule has 0 fully saturated rings. The van der Waals surface area contributed by atoms with E-state index in [1.54, 1.807) is 60.7 Å². The van der Waals surface area contributed by atoms with Crippen molar-refractivity contribution < 1.29 is 27.5 Å². The van der Waals surface area contributed by atoms with Gasteiger partial charge in [-0.3, -0.25) is 14.4 Å². The van der Waals surface area contributed by atoms with Crippen LogP contribution in [0.1, 0.15) is 32.4 Å². The third-order valence-electron chi connectivity index (χ3n) is 4.83. The van der Waals surface area contributed by atoms with Gasteiger partial charge in [0.25, 0.3) is 15.9 Å². The highest BCUT2D eigenvalue weighted by Crippen LogP contribution is 2.30. The number of fused-ring (bicyclic) bond motifs is 1. The maximum Gasteiger partial charge on any atom is 0.328 e. The molecule has 0 spiro atoms. The Morgan fingerprint density at radius 3 is 2.06 bits per heavy atom. The first-order valence-corrected chi connectivity index (χ1v) is 10.8. The van der Waals surface area contributed by atoms with E-state index in [2.05, 4.69) is 0 Å². The zero-order chi connectivity index (χ0) is 22.0. The van der Waals surface area contributed by atoms with Gasteiger partial charge in [0, 0.05) is 11.1 Å². The van der Waals surface area contributed by atoms with Crippen LogP contribution in [-0.4, -0.2) is 36.9 Å². The first kappa shape index (κ1) is 20.5. The molecule has 1 aliphatic rings. The molecule has 0 saturated carbocycles. The lowest BCUT2D eigenvalue weighted by atomic mass is 10.00. The van der Waals surface area contributed by atoms with Crippen molar-refractivity contribution in [2.75, 3.05) is 6.54 Å². The molecule has 0 saturated heterocycles. The standard InChI is InChI=1S/C23H17NO6S/c25-20(15-24-23(27)18-13-7-8-14-19(18)31(24,28)29)30-22(17-11-5-2-6-12-17)21(26)16-9-3-1-4-10-16/h1-14,22H,15H2. The van der Waals surface area contributed by atoms with E-state index in [4.69, 9.17) is 4.74 Å². The molecule has 1 amide bonds. The van der Waals surface area contributed by atoms with Gasteiger partial charge in [-0.05, 0) is 12.1 Å². The predicted octanol–water partition coefficient (Wildman–Crippen LogP) is 3.00. The summed E-state index contributed by atoms with van der Waals surface area (Å²) in [7, 11) is -4.17. The zero-order valence-corrected chi connectivity index (χ0v) is 17.0. The number of carbonyl (C=O) groups is 3. The smallest absolute Gasteiger partial charge is 0.328 e. The number of ketones is 1. The van der Waals surface area contributed by atoms with Crippen molar-refractivity contribution in [1.82, 2.24) is 4.31 Å². The summed E-state index contributed by atoms with van der Waals surface area (Å²) in [6, 6.07) is 22.4. The molecule has 3 aromatic rings. The fourth-order valence-electron chi connectivity index (χ4n) is 3.33. The number of benzene rings is 3. The average Bonchev–Trinajstić information content (AvgIpc) is 2.99. The van der Waals surface area contributed by atoms with Gasteiger partial charge in [0.2, 0.25) is 5.78 Å². The van der Waals surface area contributed by atoms with Gasteiger partial charge in [0.1, 0.15) is 11.4 Å². The Bertz CT molecular complexity index is 1260. The van der Waals surface area contributed by atoms with Crippen molar-refractivity contribution in [2.24, 2.45) is 0 Å². The summed E-state index contributed by atoms with van der Waals surface area (Å²) in [4.78, 5) is 38.1. The lowest BCUT2D eigenvalue weighted by molar-refractivity contribution is -0.147. The molecule has 1 unspecified atom stereocenters. The van der Waals surface area contributed by atoms with Gasteiger partial charge in [-0.1, -0.05) is 72.8 Å². The second kappa shape index (κ2) is 8.16. The second-order valence-electron chi connectivity index (χ2n) is 6.82. The van der Waals surface area contributed by atoms with E-state index in [0.717, 1.165) is 0 Å². The van der Waals surface area contributed by atoms with Gasteiger partial charge in [-0.15, -0.1) is 0 Å². The van der Waals surface area contributed by atoms with Crippen molar-refractivity contribution in [3.8, 4) is 0 Å². The quantitative estimate of drug-likeness (QED) is 0.436. The number of sulfonamides is 1. The van der Waals surface area contributed by atoms with Crippen LogP contribution in [0.3, 0.4) is 0 Å². The van der Waals surface area contributed by atoms with Crippen LogP contribution >= 0.6 is 0 Å². The Labute approximate surface area is 178 Å². The van der Waals surface area contributed by atoms with Gasteiger partial charge in [-0.25, -0.2) is 12.7 Å². The first-order valence-electron chi connectivity index (χ1n) is 9.39. The van der Waals surface area contributed by atoms with Gasteiger partial charge < -0.3 is 4.74 Å². The molecule has 0 aromatic heterocycles. The molecule has 0 radical (unpaired) electrons. The van der Waals surface area contributed by atoms with Crippen molar-refractivity contribution in [2.45, 2.75) is 11.0 Å². The molecular formula is C23H17NO6S. The average molecular weight is 435 g/mol. The number of nitrogens with zero attached hydrogens (tertiary/aromatic N) is 1. The molecule has 1 aliphatic heterocycles. The third kappa shape index (κ3) is 3.85. The molecule has 7 nitrogen and oxygen atoms in total. The highest BCUT2D eigenvalue weighted by molar-refractivity contribution is 7.90. The van der Waals surface area contributed by atoms with Crippen LogP contribution in [0.5, 0.6) is 0 Å². The molecule has 0 bridgehead atoms. The number of ether oxygens (including phenoxy) is 1. The highest BCUT2D eigenvalue weighted by atomic mass is 32.2. The number of Topliss-reactive ketones (excluding diaryl/α,β-unsaturated/α-hetero) is 1. The molecule has 8 heteroatoms. The van der Waals surface area contributed by atoms with Crippen molar-refractivity contribution in [1.29, 1.82) is 0 Å². The molecule has 3 aromatic carbocycles. The Kier molecular flexibility index (Phi) is 5.39. The minimum absolute atomic E-state index is 0.00438. The molecular weight excluding hydrogens is 418 g/mol. The van der Waals surface area contributed by atoms with E-state index in [1.165, 1.54) is 24.3 Å². The maximum atomic E-state index is 13.0. The Morgan fingerprint density at radius 2 is 1.42 bits per heavy atom. The van der Waals surface area contributed by atoms with Crippen LogP contribution in [0.15, 0.2) is 89.8 Å². The summed E-state index contributed by atoms with van der Waals surface area (Å²) in [5.41, 5.74) is 0.764. The van der Waals surface area contributed by atoms with E-state index in [-0.39, 0.29) is 10.5 Å². The van der Waals surface area contributed by atoms with Gasteiger partial charge in [0.05, 0.1) is 5.56 Å². The highest BCUT2D eigenvalue weighted by Gasteiger charge is 2.42. The number of amides is 1. The molecule has 156 valence electrons. The van der Waals surface area contributed by atoms with Crippen LogP contribution in [-0.2, 0) is 19.6 Å². The summed E-state index contributed by atoms with van der Waals surface area (Å²) in [6.07, 6.45) is -1.28. The van der Waals surface area contributed by atoms with Crippen LogP contribution in [0.25, 0.3) is 0 Å². The van der Waals surface area contributed by atoms with Crippen LogP contribution < -0.4 is 0 Å². The van der Waals surface area contributed by atoms with Crippen LogP contribution in [0.2, 0.25) is 0 Å². The summed E-state index contributed by atoms with van der Waals surface area (Å²) in [6.45, 7) is -0.832. The van der Waals surface area contributed by atoms with Crippen LogP contribution in [0.4, 0.5) is 0 Å². The first-order chi connectivity index (χ1) is 14.9. The number of hydrogen-bond acceptors (Lipinski definition) is 6. The summed E-state index contributed by atoms with van der Waals surface area (Å²) in [5, 5.41) is 0. The summed E-state index contributed by atoms with van der Waals surface area (Å²) >= 11 is 0. The monoisotopic (exact) mass is 435 g/mol. The Morgan fingerprint density at radius 1 is 0.839 bits per heavy atom. The summed E-state index contributed by atoms with van der Waals surface area (Å²) in [5.74, 6) is -2.28. The SMILES string of the molecule is O=C(CN1C(=O)c2ccccc2S1(=O)=O)OC(C(=O)c1ccccc1)c1ccccc1. The van der Waals surface area contributed by atoms with E-state index in [0.29, 0.717) is 15.4 Å². The molecule has 0 N–H and O–H groups in total. The number of esters is 1. The minimum atomic E-state index is -4.17. The molecule has 0 aliphatic carbocycles. The summed E-state index contributed by atoms with van der Waals surface area (Å²) < 4.78 is 31.2. The lowest BCUT2D eigenvalue weighted by Gasteiger charge is -2.20. The van der Waals surface area contributed by atoms with Gasteiger partial charge >= 0.3 is 5.97 Å². The topological polar surface area (TPSA) is 97.8 Å². The number of carbonyl (C=O) groups excluding carboxylic acids is 3. The van der Waals surface area contributed by atoms with Gasteiger partial charge in [-0.2, -0.15) is 0 Å². The fraction of sp³-hybridized carbons (Fsp3) is 0.0870. The maximum absolute atomic E-state index is 13.0. The largest absolute Gasteiger partial charge is 0.448 e. The van der Waals surface area contributed by atoms with E-state index >= 15 is 0 Å². The third-order valence-corrected chi connectivity index (χ3v) is 6.62. The molecule has 31 heavy (non-hydrogen) atoms. The minimum Gasteiger partial charge on any atom is -0.448 e. The van der Waals surface area contributed by atoms with Crippen molar-refractivity contribution in [3.63, 3.8) is 0 Å². The number of hydrogen-bond donors (Lipinski definition) is 0. The zero-order valence-electron chi connectivity index (χ0n) is 16.2. The second-order valence-corrected chi connectivity index (χ2v) is 8.65. The Hall–Kier alpha value is -3.78. The molecule has 4 rings (SSSR count). The van der Waals surface area contributed by atoms with E-state index in [1.807, 2.05) is 0 Å². The van der Waals surface area contributed by atoms with E-state index < -0.39 is 40.3 Å². The fourth-order valence-corrected chi connectivity index (χ4v) is 4.84. The van der Waals surface area contributed by atoms with Crippen LogP contribution in [0, 0.1) is 0 Å². The van der Waals surface area contributed by atoms with Crippen molar-refractivity contribution in [3.05, 3.63) is 102 Å². The lowest BCUT2D eigenvalue weighted by Crippen LogP contribution is -2.36. The number of rotatable bonds is 6. The van der Waals surface area contributed by atoms with Gasteiger partial charge in [0.15, 0.2) is 6.10 Å². The van der Waals surface area contributed by atoms with E-state index in [9.17, 15) is 22.8 Å². The molecule has 1 atom stereocenters. The Balaban J connectivity index is 1.59. The molecule has 1 heterocycles. The van der Waals surface area contributed by atoms with Crippen molar-refractivity contribution >= 4 is 27.7 Å². The normalized spacial score (nSPS) is 15.2. The predicted molar refractivity (Wildman–Crippen MR) is 111 cm³/mol.